The van der Waals surface area contributed by atoms with Gasteiger partial charge in [-0.05, 0) is 72.0 Å². The van der Waals surface area contributed by atoms with Crippen molar-refractivity contribution >= 4 is 11.6 Å². The Morgan fingerprint density at radius 2 is 1.56 bits per heavy atom. The predicted molar refractivity (Wildman–Crippen MR) is 136 cm³/mol. The maximum atomic E-state index is 13.3. The van der Waals surface area contributed by atoms with E-state index in [2.05, 4.69) is 0 Å². The second-order valence-corrected chi connectivity index (χ2v) is 9.06. The highest BCUT2D eigenvalue weighted by Gasteiger charge is 2.48. The number of phenols is 2. The molecule has 0 bridgehead atoms. The van der Waals surface area contributed by atoms with E-state index in [1.165, 1.54) is 12.1 Å². The van der Waals surface area contributed by atoms with Gasteiger partial charge >= 0.3 is 0 Å². The second-order valence-electron chi connectivity index (χ2n) is 9.06. The van der Waals surface area contributed by atoms with E-state index in [-0.39, 0.29) is 35.2 Å². The lowest BCUT2D eigenvalue weighted by Crippen LogP contribution is -2.55. The van der Waals surface area contributed by atoms with E-state index < -0.39 is 6.10 Å². The highest BCUT2D eigenvalue weighted by Crippen LogP contribution is 2.47. The second kappa shape index (κ2) is 9.84. The summed E-state index contributed by atoms with van der Waals surface area (Å²) in [6.07, 6.45) is -0.0278. The number of amides is 1. The molecule has 3 atom stereocenters. The molecular formula is C30H26FNO4. The lowest BCUT2D eigenvalue weighted by molar-refractivity contribution is -0.131. The topological polar surface area (TPSA) is 81.0 Å². The van der Waals surface area contributed by atoms with Gasteiger partial charge in [-0.25, -0.2) is 4.39 Å². The number of carbonyl (C=O) groups excluding carboxylic acids is 1. The number of aromatic hydroxyl groups is 2. The molecule has 1 unspecified atom stereocenters. The molecule has 5 rings (SSSR count). The van der Waals surface area contributed by atoms with E-state index in [1.807, 2.05) is 42.5 Å². The van der Waals surface area contributed by atoms with Crippen LogP contribution in [0.25, 0.3) is 11.1 Å². The van der Waals surface area contributed by atoms with Crippen LogP contribution < -0.4 is 4.90 Å². The van der Waals surface area contributed by atoms with Gasteiger partial charge in [0.1, 0.15) is 17.3 Å². The van der Waals surface area contributed by atoms with Gasteiger partial charge in [0.2, 0.25) is 5.91 Å². The number of phenolic OH excluding ortho intramolecular Hbond substituents is 2. The zero-order chi connectivity index (χ0) is 25.2. The van der Waals surface area contributed by atoms with Crippen LogP contribution in [-0.4, -0.2) is 21.2 Å². The first-order valence-corrected chi connectivity index (χ1v) is 11.9. The van der Waals surface area contributed by atoms with E-state index in [9.17, 15) is 24.5 Å². The average molecular weight is 484 g/mol. The third-order valence-electron chi connectivity index (χ3n) is 6.80. The summed E-state index contributed by atoms with van der Waals surface area (Å²) in [5.74, 6) is -0.560. The molecule has 0 radical (unpaired) electrons. The molecule has 182 valence electrons. The number of carbonyl (C=O) groups is 1. The Bertz CT molecular complexity index is 1360. The zero-order valence-corrected chi connectivity index (χ0v) is 19.5. The van der Waals surface area contributed by atoms with Crippen LogP contribution in [0.4, 0.5) is 10.1 Å². The minimum Gasteiger partial charge on any atom is -0.508 e. The Balaban J connectivity index is 1.42. The van der Waals surface area contributed by atoms with E-state index in [0.29, 0.717) is 24.0 Å². The largest absolute Gasteiger partial charge is 0.508 e. The van der Waals surface area contributed by atoms with Crippen LogP contribution >= 0.6 is 0 Å². The molecule has 3 N–H and O–H groups in total. The predicted octanol–water partition coefficient (Wildman–Crippen LogP) is 6.12. The van der Waals surface area contributed by atoms with Crippen LogP contribution in [-0.2, 0) is 4.79 Å². The molecule has 0 spiro atoms. The summed E-state index contributed by atoms with van der Waals surface area (Å²) in [5.41, 5.74) is 3.56. The summed E-state index contributed by atoms with van der Waals surface area (Å²) in [7, 11) is 0. The molecule has 4 aromatic carbocycles. The minimum atomic E-state index is -0.810. The lowest BCUT2D eigenvalue weighted by Gasteiger charge is -2.48. The first kappa shape index (κ1) is 23.6. The summed E-state index contributed by atoms with van der Waals surface area (Å²) in [6.45, 7) is 0. The molecule has 1 amide bonds. The van der Waals surface area contributed by atoms with Crippen molar-refractivity contribution in [2.24, 2.45) is 5.92 Å². The quantitative estimate of drug-likeness (QED) is 0.277. The number of para-hydroxylation sites is 1. The molecule has 6 heteroatoms. The fourth-order valence-electron chi connectivity index (χ4n) is 4.89. The molecule has 1 aliphatic heterocycles. The van der Waals surface area contributed by atoms with E-state index in [4.69, 9.17) is 0 Å². The summed E-state index contributed by atoms with van der Waals surface area (Å²) in [4.78, 5) is 15.0. The monoisotopic (exact) mass is 483 g/mol. The zero-order valence-electron chi connectivity index (χ0n) is 19.5. The van der Waals surface area contributed by atoms with Crippen molar-refractivity contribution in [1.29, 1.82) is 0 Å². The number of hydrogen-bond acceptors (Lipinski definition) is 4. The molecular weight excluding hydrogens is 457 g/mol. The van der Waals surface area contributed by atoms with Gasteiger partial charge < -0.3 is 20.2 Å². The normalized spacial score (nSPS) is 18.1. The van der Waals surface area contributed by atoms with Crippen molar-refractivity contribution in [2.45, 2.75) is 25.0 Å². The van der Waals surface area contributed by atoms with Crippen molar-refractivity contribution in [2.75, 3.05) is 4.90 Å². The first-order valence-electron chi connectivity index (χ1n) is 11.9. The van der Waals surface area contributed by atoms with Crippen molar-refractivity contribution in [3.05, 3.63) is 114 Å². The van der Waals surface area contributed by atoms with E-state index >= 15 is 0 Å². The number of benzene rings is 4. The van der Waals surface area contributed by atoms with Gasteiger partial charge in [0.05, 0.1) is 18.1 Å². The molecule has 1 fully saturated rings. The molecule has 4 aromatic rings. The standard InChI is InChI=1S/C30H26FNO4/c31-22-11-6-20(7-12-22)27(34)17-16-26-29(32(30(26)36)23-4-2-1-3-5-23)21-10-15-25(28(35)18-21)19-8-13-24(33)14-9-19/h1-15,18,26-27,29,33-35H,16-17H2/t26?,27-,29+/m0/s1. The summed E-state index contributed by atoms with van der Waals surface area (Å²) in [5, 5.41) is 31.0. The average Bonchev–Trinajstić information content (AvgIpc) is 2.88. The summed E-state index contributed by atoms with van der Waals surface area (Å²) >= 11 is 0. The third-order valence-corrected chi connectivity index (χ3v) is 6.80. The Labute approximate surface area is 208 Å². The number of rotatable bonds is 7. The molecule has 1 saturated heterocycles. The molecule has 0 aliphatic carbocycles. The molecule has 5 nitrogen and oxygen atoms in total. The number of aliphatic hydroxyl groups is 1. The summed E-state index contributed by atoms with van der Waals surface area (Å²) in [6, 6.07) is 26.8. The maximum Gasteiger partial charge on any atom is 0.233 e. The van der Waals surface area contributed by atoms with E-state index in [0.717, 1.165) is 16.8 Å². The molecule has 1 aliphatic rings. The van der Waals surface area contributed by atoms with Gasteiger partial charge in [-0.3, -0.25) is 4.79 Å². The molecule has 0 aromatic heterocycles. The van der Waals surface area contributed by atoms with Crippen LogP contribution in [0.1, 0.15) is 36.1 Å². The number of anilines is 1. The maximum absolute atomic E-state index is 13.3. The van der Waals surface area contributed by atoms with Crippen molar-refractivity contribution in [3.63, 3.8) is 0 Å². The molecule has 0 saturated carbocycles. The first-order chi connectivity index (χ1) is 17.4. The smallest absolute Gasteiger partial charge is 0.233 e. The van der Waals surface area contributed by atoms with Crippen molar-refractivity contribution in [1.82, 2.24) is 0 Å². The number of halogens is 1. The Morgan fingerprint density at radius 3 is 2.22 bits per heavy atom. The summed E-state index contributed by atoms with van der Waals surface area (Å²) < 4.78 is 13.2. The fraction of sp³-hybridized carbons (Fsp3) is 0.167. The van der Waals surface area contributed by atoms with Crippen molar-refractivity contribution < 1.29 is 24.5 Å². The highest BCUT2D eigenvalue weighted by molar-refractivity contribution is 6.03. The Morgan fingerprint density at radius 1 is 0.861 bits per heavy atom. The molecule has 36 heavy (non-hydrogen) atoms. The van der Waals surface area contributed by atoms with Gasteiger partial charge in [0.25, 0.3) is 0 Å². The van der Waals surface area contributed by atoms with Crippen LogP contribution in [0.2, 0.25) is 0 Å². The minimum absolute atomic E-state index is 0.0420. The van der Waals surface area contributed by atoms with Gasteiger partial charge in [-0.2, -0.15) is 0 Å². The van der Waals surface area contributed by atoms with Crippen LogP contribution in [0.5, 0.6) is 11.5 Å². The van der Waals surface area contributed by atoms with Crippen LogP contribution in [0.3, 0.4) is 0 Å². The SMILES string of the molecule is O=C1C(CC[C@H](O)c2ccc(F)cc2)[C@@H](c2ccc(-c3ccc(O)cc3)c(O)c2)N1c1ccccc1. The Kier molecular flexibility index (Phi) is 6.44. The van der Waals surface area contributed by atoms with Gasteiger partial charge in [-0.1, -0.05) is 54.6 Å². The van der Waals surface area contributed by atoms with Gasteiger partial charge in [0, 0.05) is 11.3 Å². The number of aliphatic hydroxyl groups excluding tert-OH is 1. The van der Waals surface area contributed by atoms with Crippen LogP contribution in [0.15, 0.2) is 97.1 Å². The molecule has 1 heterocycles. The number of hydrogen-bond donors (Lipinski definition) is 3. The van der Waals surface area contributed by atoms with Gasteiger partial charge in [0.15, 0.2) is 0 Å². The number of β-lactam (4-membered cyclic amide) rings is 1. The highest BCUT2D eigenvalue weighted by atomic mass is 19.1. The van der Waals surface area contributed by atoms with Crippen molar-refractivity contribution in [3.8, 4) is 22.6 Å². The van der Waals surface area contributed by atoms with Crippen LogP contribution in [0, 0.1) is 11.7 Å². The Hall–Kier alpha value is -4.16. The fourth-order valence-corrected chi connectivity index (χ4v) is 4.89. The lowest BCUT2D eigenvalue weighted by atomic mass is 9.78. The third kappa shape index (κ3) is 4.55. The van der Waals surface area contributed by atoms with Gasteiger partial charge in [-0.15, -0.1) is 0 Å². The number of nitrogens with zero attached hydrogens (tertiary/aromatic N) is 1. The van der Waals surface area contributed by atoms with E-state index in [1.54, 1.807) is 47.4 Å².